The molecule has 4 aromatic rings. The highest BCUT2D eigenvalue weighted by Gasteiger charge is 2.35. The van der Waals surface area contributed by atoms with Gasteiger partial charge in [-0.05, 0) is 48.2 Å². The molecule has 138 valence electrons. The van der Waals surface area contributed by atoms with Gasteiger partial charge in [0.25, 0.3) is 5.56 Å². The smallest absolute Gasteiger partial charge is 0.312 e. The largest absolute Gasteiger partial charge is 0.425 e. The van der Waals surface area contributed by atoms with Gasteiger partial charge in [-0.25, -0.2) is 0 Å². The summed E-state index contributed by atoms with van der Waals surface area (Å²) in [6, 6.07) is 19.2. The standard InChI is InChI=1S/C23H17NO3S/c1-14-11-12-28-22(14)17-13-19(25)27-21-16-9-5-6-10-18(16)24(23(26)20(17)21)15-7-3-2-4-8-15/h2-12,17H,13H2,1H3. The van der Waals surface area contributed by atoms with Crippen LogP contribution in [0, 0.1) is 6.92 Å². The van der Waals surface area contributed by atoms with Gasteiger partial charge >= 0.3 is 5.97 Å². The third-order valence-electron chi connectivity index (χ3n) is 5.24. The summed E-state index contributed by atoms with van der Waals surface area (Å²) in [5.41, 5.74) is 3.05. The van der Waals surface area contributed by atoms with Gasteiger partial charge in [-0.3, -0.25) is 14.2 Å². The molecule has 0 aliphatic carbocycles. The number of nitrogens with zero attached hydrogens (tertiary/aromatic N) is 1. The lowest BCUT2D eigenvalue weighted by molar-refractivity contribution is -0.135. The van der Waals surface area contributed by atoms with Crippen LogP contribution < -0.4 is 10.3 Å². The molecule has 2 aromatic heterocycles. The maximum atomic E-state index is 13.7. The molecule has 0 saturated heterocycles. The molecule has 1 aliphatic heterocycles. The number of pyridine rings is 1. The number of aromatic nitrogens is 1. The Morgan fingerprint density at radius 3 is 2.50 bits per heavy atom. The molecule has 5 rings (SSSR count). The molecule has 2 aromatic carbocycles. The Bertz CT molecular complexity index is 1270. The summed E-state index contributed by atoms with van der Waals surface area (Å²) in [6.45, 7) is 2.02. The molecular weight excluding hydrogens is 370 g/mol. The van der Waals surface area contributed by atoms with E-state index >= 15 is 0 Å². The summed E-state index contributed by atoms with van der Waals surface area (Å²) in [4.78, 5) is 27.2. The molecule has 0 bridgehead atoms. The van der Waals surface area contributed by atoms with Crippen LogP contribution in [0.5, 0.6) is 5.75 Å². The molecular formula is C23H17NO3S. The van der Waals surface area contributed by atoms with Crippen LogP contribution in [0.1, 0.15) is 28.3 Å². The van der Waals surface area contributed by atoms with Gasteiger partial charge < -0.3 is 4.74 Å². The third kappa shape index (κ3) is 2.51. The van der Waals surface area contributed by atoms with Crippen molar-refractivity contribution >= 4 is 28.2 Å². The van der Waals surface area contributed by atoms with E-state index in [0.29, 0.717) is 11.3 Å². The van der Waals surface area contributed by atoms with E-state index < -0.39 is 0 Å². The first kappa shape index (κ1) is 17.0. The Labute approximate surface area is 165 Å². The number of thiophene rings is 1. The number of esters is 1. The third-order valence-corrected chi connectivity index (χ3v) is 6.37. The molecule has 1 aliphatic rings. The molecule has 0 fully saturated rings. The Morgan fingerprint density at radius 1 is 1.00 bits per heavy atom. The Kier molecular flexibility index (Phi) is 3.91. The van der Waals surface area contributed by atoms with Crippen molar-refractivity contribution in [2.75, 3.05) is 0 Å². The van der Waals surface area contributed by atoms with Crippen LogP contribution in [0.4, 0.5) is 0 Å². The van der Waals surface area contributed by atoms with E-state index in [0.717, 1.165) is 27.0 Å². The molecule has 0 saturated carbocycles. The normalized spacial score (nSPS) is 16.0. The van der Waals surface area contributed by atoms with E-state index in [1.54, 1.807) is 15.9 Å². The van der Waals surface area contributed by atoms with Crippen LogP contribution in [0.15, 0.2) is 70.8 Å². The molecule has 0 N–H and O–H groups in total. The molecule has 0 spiro atoms. The van der Waals surface area contributed by atoms with Crippen molar-refractivity contribution in [2.45, 2.75) is 19.3 Å². The van der Waals surface area contributed by atoms with Crippen LogP contribution in [0.25, 0.3) is 16.6 Å². The Balaban J connectivity index is 1.91. The summed E-state index contributed by atoms with van der Waals surface area (Å²) < 4.78 is 7.36. The van der Waals surface area contributed by atoms with Crippen molar-refractivity contribution < 1.29 is 9.53 Å². The van der Waals surface area contributed by atoms with Crippen molar-refractivity contribution in [2.24, 2.45) is 0 Å². The van der Waals surface area contributed by atoms with Crippen LogP contribution in [0.2, 0.25) is 0 Å². The fourth-order valence-corrected chi connectivity index (χ4v) is 5.01. The van der Waals surface area contributed by atoms with E-state index in [9.17, 15) is 9.59 Å². The lowest BCUT2D eigenvalue weighted by Crippen LogP contribution is -2.31. The minimum Gasteiger partial charge on any atom is -0.425 e. The Hall–Kier alpha value is -3.18. The fraction of sp³-hybridized carbons (Fsp3) is 0.130. The number of aryl methyl sites for hydroxylation is 1. The summed E-state index contributed by atoms with van der Waals surface area (Å²) in [5, 5.41) is 2.77. The van der Waals surface area contributed by atoms with Crippen molar-refractivity contribution in [3.63, 3.8) is 0 Å². The number of ether oxygens (including phenoxy) is 1. The molecule has 3 heterocycles. The van der Waals surface area contributed by atoms with Crippen molar-refractivity contribution in [1.82, 2.24) is 4.57 Å². The summed E-state index contributed by atoms with van der Waals surface area (Å²) in [7, 11) is 0. The second-order valence-electron chi connectivity index (χ2n) is 6.93. The average Bonchev–Trinajstić information content (AvgIpc) is 3.14. The van der Waals surface area contributed by atoms with Gasteiger partial charge in [0, 0.05) is 21.9 Å². The minimum atomic E-state index is -0.299. The fourth-order valence-electron chi connectivity index (χ4n) is 3.97. The molecule has 4 nitrogen and oxygen atoms in total. The first-order valence-electron chi connectivity index (χ1n) is 9.13. The summed E-state index contributed by atoms with van der Waals surface area (Å²) in [5.74, 6) is -0.183. The van der Waals surface area contributed by atoms with Gasteiger partial charge in [-0.15, -0.1) is 11.3 Å². The van der Waals surface area contributed by atoms with Gasteiger partial charge in [0.15, 0.2) is 0 Å². The van der Waals surface area contributed by atoms with Gasteiger partial charge in [-0.2, -0.15) is 0 Å². The van der Waals surface area contributed by atoms with E-state index in [1.807, 2.05) is 73.0 Å². The number of carbonyl (C=O) groups excluding carboxylic acids is 1. The second-order valence-corrected chi connectivity index (χ2v) is 7.88. The first-order valence-corrected chi connectivity index (χ1v) is 10.0. The number of benzene rings is 2. The van der Waals surface area contributed by atoms with Gasteiger partial charge in [0.1, 0.15) is 5.75 Å². The van der Waals surface area contributed by atoms with Crippen LogP contribution >= 0.6 is 11.3 Å². The lowest BCUT2D eigenvalue weighted by Gasteiger charge is -2.26. The van der Waals surface area contributed by atoms with Gasteiger partial charge in [0.2, 0.25) is 0 Å². The lowest BCUT2D eigenvalue weighted by atomic mass is 9.89. The topological polar surface area (TPSA) is 48.3 Å². The highest BCUT2D eigenvalue weighted by atomic mass is 32.1. The van der Waals surface area contributed by atoms with Crippen LogP contribution in [-0.2, 0) is 4.79 Å². The summed E-state index contributed by atoms with van der Waals surface area (Å²) in [6.07, 6.45) is 0.177. The molecule has 28 heavy (non-hydrogen) atoms. The highest BCUT2D eigenvalue weighted by Crippen LogP contribution is 2.43. The molecule has 0 amide bonds. The maximum absolute atomic E-state index is 13.7. The predicted molar refractivity (Wildman–Crippen MR) is 111 cm³/mol. The summed E-state index contributed by atoms with van der Waals surface area (Å²) >= 11 is 1.58. The van der Waals surface area contributed by atoms with Crippen LogP contribution in [-0.4, -0.2) is 10.5 Å². The highest BCUT2D eigenvalue weighted by molar-refractivity contribution is 7.10. The zero-order valence-corrected chi connectivity index (χ0v) is 16.0. The quantitative estimate of drug-likeness (QED) is 0.464. The monoisotopic (exact) mass is 387 g/mol. The SMILES string of the molecule is Cc1ccsc1C1CC(=O)Oc2c1c(=O)n(-c1ccccc1)c1ccccc21. The van der Waals surface area contributed by atoms with Crippen LogP contribution in [0.3, 0.4) is 0 Å². The molecule has 0 radical (unpaired) electrons. The number of hydrogen-bond donors (Lipinski definition) is 0. The van der Waals surface area contributed by atoms with E-state index in [-0.39, 0.29) is 23.9 Å². The minimum absolute atomic E-state index is 0.134. The number of rotatable bonds is 2. The van der Waals surface area contributed by atoms with E-state index in [4.69, 9.17) is 4.74 Å². The number of para-hydroxylation sites is 2. The van der Waals surface area contributed by atoms with E-state index in [1.165, 1.54) is 0 Å². The second kappa shape index (κ2) is 6.46. The van der Waals surface area contributed by atoms with Crippen molar-refractivity contribution in [1.29, 1.82) is 0 Å². The Morgan fingerprint density at radius 2 is 1.75 bits per heavy atom. The predicted octanol–water partition coefficient (Wildman–Crippen LogP) is 4.80. The molecule has 5 heteroatoms. The number of carbonyl (C=O) groups is 1. The van der Waals surface area contributed by atoms with Gasteiger partial charge in [-0.1, -0.05) is 30.3 Å². The van der Waals surface area contributed by atoms with E-state index in [2.05, 4.69) is 0 Å². The molecule has 1 unspecified atom stereocenters. The number of hydrogen-bond acceptors (Lipinski definition) is 4. The van der Waals surface area contributed by atoms with Gasteiger partial charge in [0.05, 0.1) is 17.5 Å². The number of fused-ring (bicyclic) bond motifs is 3. The zero-order valence-electron chi connectivity index (χ0n) is 15.2. The van der Waals surface area contributed by atoms with Crippen molar-refractivity contribution in [3.8, 4) is 11.4 Å². The molecule has 1 atom stereocenters. The first-order chi connectivity index (χ1) is 13.6. The average molecular weight is 387 g/mol. The zero-order chi connectivity index (χ0) is 19.3. The maximum Gasteiger partial charge on any atom is 0.312 e. The van der Waals surface area contributed by atoms with Crippen molar-refractivity contribution in [3.05, 3.63) is 92.4 Å².